The van der Waals surface area contributed by atoms with E-state index < -0.39 is 59.8 Å². The Bertz CT molecular complexity index is 1580. The second-order valence-electron chi connectivity index (χ2n) is 12.2. The average Bonchev–Trinajstić information content (AvgIpc) is 3.60. The number of carbonyl (C=O) groups excluding carboxylic acids is 3. The molecule has 1 aliphatic rings. The van der Waals surface area contributed by atoms with Crippen molar-refractivity contribution in [3.8, 4) is 0 Å². The van der Waals surface area contributed by atoms with E-state index >= 15 is 0 Å². The summed E-state index contributed by atoms with van der Waals surface area (Å²) in [6.07, 6.45) is -2.92. The largest absolute Gasteiger partial charge is 0.458 e. The van der Waals surface area contributed by atoms with Crippen molar-refractivity contribution in [2.24, 2.45) is 5.92 Å². The molecule has 5 rings (SSSR count). The summed E-state index contributed by atoms with van der Waals surface area (Å²) in [6, 6.07) is 26.4. The Morgan fingerprint density at radius 3 is 2.04 bits per heavy atom. The fourth-order valence-electron chi connectivity index (χ4n) is 5.58. The van der Waals surface area contributed by atoms with Gasteiger partial charge in [0.15, 0.2) is 11.5 Å². The molecule has 1 aliphatic heterocycles. The van der Waals surface area contributed by atoms with Crippen molar-refractivity contribution in [3.05, 3.63) is 108 Å². The van der Waals surface area contributed by atoms with Gasteiger partial charge in [0.1, 0.15) is 29.9 Å². The minimum Gasteiger partial charge on any atom is -0.458 e. The summed E-state index contributed by atoms with van der Waals surface area (Å²) in [5, 5.41) is 14.6. The number of aliphatic hydroxyl groups is 1. The smallest absolute Gasteiger partial charge is 0.329 e. The van der Waals surface area contributed by atoms with E-state index in [2.05, 4.69) is 5.32 Å². The van der Waals surface area contributed by atoms with E-state index in [-0.39, 0.29) is 12.2 Å². The number of fused-ring (bicyclic) bond motifs is 1. The lowest BCUT2D eigenvalue weighted by atomic mass is 9.94. The van der Waals surface area contributed by atoms with Crippen molar-refractivity contribution in [1.29, 1.82) is 0 Å². The number of aliphatic hydroxyl groups excluding tert-OH is 1. The van der Waals surface area contributed by atoms with Crippen molar-refractivity contribution < 1.29 is 38.1 Å². The Morgan fingerprint density at radius 2 is 1.42 bits per heavy atom. The van der Waals surface area contributed by atoms with Gasteiger partial charge >= 0.3 is 5.97 Å². The minimum atomic E-state index is -1.15. The second kappa shape index (κ2) is 13.8. The molecule has 9 heteroatoms. The van der Waals surface area contributed by atoms with Crippen LogP contribution in [0.25, 0.3) is 11.0 Å². The van der Waals surface area contributed by atoms with E-state index in [9.17, 15) is 19.5 Å². The van der Waals surface area contributed by atoms with Gasteiger partial charge in [-0.25, -0.2) is 4.79 Å². The van der Waals surface area contributed by atoms with E-state index in [0.717, 1.165) is 11.1 Å². The molecular weight excluding hydrogens is 574 g/mol. The summed E-state index contributed by atoms with van der Waals surface area (Å²) < 4.78 is 24.2. The first-order chi connectivity index (χ1) is 21.5. The van der Waals surface area contributed by atoms with E-state index in [4.69, 9.17) is 18.6 Å². The van der Waals surface area contributed by atoms with Crippen LogP contribution in [-0.2, 0) is 36.6 Å². The topological polar surface area (TPSA) is 124 Å². The quantitative estimate of drug-likeness (QED) is 0.130. The molecule has 236 valence electrons. The highest BCUT2D eigenvalue weighted by Crippen LogP contribution is 2.35. The van der Waals surface area contributed by atoms with Crippen LogP contribution < -0.4 is 5.32 Å². The monoisotopic (exact) mass is 613 g/mol. The number of nitrogens with one attached hydrogen (secondary N) is 1. The van der Waals surface area contributed by atoms with E-state index in [1.807, 2.05) is 60.7 Å². The molecule has 3 aromatic carbocycles. The van der Waals surface area contributed by atoms with Crippen molar-refractivity contribution in [1.82, 2.24) is 5.32 Å². The lowest BCUT2D eigenvalue weighted by Gasteiger charge is -2.31. The van der Waals surface area contributed by atoms with Crippen molar-refractivity contribution in [3.63, 3.8) is 0 Å². The van der Waals surface area contributed by atoms with E-state index in [0.29, 0.717) is 17.4 Å². The Kier molecular flexibility index (Phi) is 9.82. The number of rotatable bonds is 12. The summed E-state index contributed by atoms with van der Waals surface area (Å²) in [4.78, 5) is 39.8. The van der Waals surface area contributed by atoms with Crippen LogP contribution >= 0.6 is 0 Å². The molecule has 2 heterocycles. The Morgan fingerprint density at radius 1 is 0.844 bits per heavy atom. The first kappa shape index (κ1) is 32.1. The second-order valence-corrected chi connectivity index (χ2v) is 12.2. The fraction of sp³-hybridized carbons (Fsp3) is 0.361. The molecule has 1 aromatic heterocycles. The summed E-state index contributed by atoms with van der Waals surface area (Å²) >= 11 is 0. The molecule has 2 N–H and O–H groups in total. The van der Waals surface area contributed by atoms with Gasteiger partial charge in [0.05, 0.1) is 6.10 Å². The van der Waals surface area contributed by atoms with E-state index in [1.54, 1.807) is 52.0 Å². The predicted molar refractivity (Wildman–Crippen MR) is 167 cm³/mol. The highest BCUT2D eigenvalue weighted by Gasteiger charge is 2.50. The number of furan rings is 1. The number of carbonyl (C=O) groups is 3. The van der Waals surface area contributed by atoms with Crippen molar-refractivity contribution in [2.75, 3.05) is 0 Å². The number of Topliss-reactive ketones (excluding diaryl/α,β-unsaturated/α-hetero) is 1. The molecular formula is C36H39NO8. The number of benzene rings is 3. The Labute approximate surface area is 262 Å². The van der Waals surface area contributed by atoms with Crippen molar-refractivity contribution >= 4 is 28.6 Å². The molecule has 1 fully saturated rings. The molecule has 0 unspecified atom stereocenters. The lowest BCUT2D eigenvalue weighted by molar-refractivity contribution is -0.174. The third-order valence-electron chi connectivity index (χ3n) is 7.81. The van der Waals surface area contributed by atoms with Crippen molar-refractivity contribution in [2.45, 2.75) is 76.8 Å². The first-order valence-corrected chi connectivity index (χ1v) is 15.2. The third kappa shape index (κ3) is 7.86. The van der Waals surface area contributed by atoms with Crippen LogP contribution in [0.4, 0.5) is 0 Å². The van der Waals surface area contributed by atoms with Crippen LogP contribution in [0, 0.1) is 5.92 Å². The maximum Gasteiger partial charge on any atom is 0.329 e. The van der Waals surface area contributed by atoms with Crippen LogP contribution in [0.15, 0.2) is 95.4 Å². The van der Waals surface area contributed by atoms with Crippen LogP contribution in [0.1, 0.15) is 49.4 Å². The number of ketones is 1. The zero-order valence-electron chi connectivity index (χ0n) is 25.8. The molecule has 1 saturated heterocycles. The molecule has 5 atom stereocenters. The number of hydrogen-bond acceptors (Lipinski definition) is 8. The summed E-state index contributed by atoms with van der Waals surface area (Å²) in [6.45, 7) is 6.98. The standard InChI is InChI=1S/C36H39NO8/c1-22(2)30(37-34(40)31(39)28-21-25-17-11-12-18-27(25)42-28)35(41)43-29(20-24-15-9-6-10-16-24)33-32(44-36(3,4)45-33)26(38)19-23-13-7-5-8-14-23/h5-18,21-22,26,29-30,32-33,38H,19-20H2,1-4H3,(H,37,40)/t26-,29-,30-,32-,33+/m0/s1. The predicted octanol–water partition coefficient (Wildman–Crippen LogP) is 5.03. The van der Waals surface area contributed by atoms with Crippen LogP contribution in [0.2, 0.25) is 0 Å². The number of hydrogen-bond donors (Lipinski definition) is 2. The molecule has 0 aliphatic carbocycles. The van der Waals surface area contributed by atoms with Crippen LogP contribution in [-0.4, -0.2) is 59.0 Å². The average molecular weight is 614 g/mol. The maximum absolute atomic E-state index is 13.8. The van der Waals surface area contributed by atoms with Gasteiger partial charge in [0, 0.05) is 18.2 Å². The number of amides is 1. The van der Waals surface area contributed by atoms with Gasteiger partial charge in [-0.05, 0) is 43.0 Å². The first-order valence-electron chi connectivity index (χ1n) is 15.2. The number of para-hydroxylation sites is 1. The summed E-state index contributed by atoms with van der Waals surface area (Å²) in [5.41, 5.74) is 2.28. The molecule has 0 bridgehead atoms. The Hall–Kier alpha value is -4.31. The molecule has 45 heavy (non-hydrogen) atoms. The normalized spacial score (nSPS) is 19.6. The zero-order chi connectivity index (χ0) is 32.1. The lowest BCUT2D eigenvalue weighted by Crippen LogP contribution is -2.51. The minimum absolute atomic E-state index is 0.125. The maximum atomic E-state index is 13.8. The molecule has 0 spiro atoms. The molecule has 1 amide bonds. The highest BCUT2D eigenvalue weighted by atomic mass is 16.8. The molecule has 4 aromatic rings. The van der Waals surface area contributed by atoms with Gasteiger partial charge < -0.3 is 29.1 Å². The number of esters is 1. The third-order valence-corrected chi connectivity index (χ3v) is 7.81. The van der Waals surface area contributed by atoms with Gasteiger partial charge in [0.2, 0.25) is 0 Å². The van der Waals surface area contributed by atoms with Crippen LogP contribution in [0.5, 0.6) is 0 Å². The van der Waals surface area contributed by atoms with Crippen LogP contribution in [0.3, 0.4) is 0 Å². The van der Waals surface area contributed by atoms with Gasteiger partial charge in [-0.1, -0.05) is 92.7 Å². The molecule has 9 nitrogen and oxygen atoms in total. The SMILES string of the molecule is CC(C)[C@H](NC(=O)C(=O)c1cc2ccccc2o1)C(=O)O[C@@H](Cc1ccccc1)[C@H]1OC(C)(C)O[C@H]1[C@@H](O)Cc1ccccc1. The molecule has 0 saturated carbocycles. The highest BCUT2D eigenvalue weighted by molar-refractivity contribution is 6.42. The van der Waals surface area contributed by atoms with Gasteiger partial charge in [0.25, 0.3) is 11.7 Å². The zero-order valence-corrected chi connectivity index (χ0v) is 25.8. The summed E-state index contributed by atoms with van der Waals surface area (Å²) in [7, 11) is 0. The van der Waals surface area contributed by atoms with Gasteiger partial charge in [-0.3, -0.25) is 9.59 Å². The fourth-order valence-corrected chi connectivity index (χ4v) is 5.58. The van der Waals surface area contributed by atoms with Gasteiger partial charge in [-0.2, -0.15) is 0 Å². The van der Waals surface area contributed by atoms with Gasteiger partial charge in [-0.15, -0.1) is 0 Å². The number of ether oxygens (including phenoxy) is 3. The van der Waals surface area contributed by atoms with E-state index in [1.165, 1.54) is 6.07 Å². The Balaban J connectivity index is 1.36. The molecule has 0 radical (unpaired) electrons. The summed E-state index contributed by atoms with van der Waals surface area (Å²) in [5.74, 6) is -4.22.